The number of halogens is 1. The average molecular weight is 256 g/mol. The normalized spacial score (nSPS) is 16.7. The molecule has 0 radical (unpaired) electrons. The first-order chi connectivity index (χ1) is 8.22. The van der Waals surface area contributed by atoms with E-state index < -0.39 is 0 Å². The minimum absolute atomic E-state index is 0.203. The lowest BCUT2D eigenvalue weighted by Gasteiger charge is -2.23. The highest BCUT2D eigenvalue weighted by Crippen LogP contribution is 2.33. The molecule has 3 nitrogen and oxygen atoms in total. The van der Waals surface area contributed by atoms with Gasteiger partial charge in [-0.2, -0.15) is 0 Å². The van der Waals surface area contributed by atoms with Gasteiger partial charge in [0.2, 0.25) is 0 Å². The Morgan fingerprint density at radius 1 is 1.24 bits per heavy atom. The third-order valence-corrected chi connectivity index (χ3v) is 3.22. The van der Waals surface area contributed by atoms with Crippen LogP contribution in [0.15, 0.2) is 18.2 Å². The van der Waals surface area contributed by atoms with Crippen LogP contribution in [0.25, 0.3) is 0 Å². The Bertz CT molecular complexity index is 382. The van der Waals surface area contributed by atoms with E-state index in [2.05, 4.69) is 11.0 Å². The van der Waals surface area contributed by atoms with E-state index in [0.717, 1.165) is 30.1 Å². The SMILES string of the molecule is CN(C)C(CCl)c1ccc2c(c1)OCCCO2. The van der Waals surface area contributed by atoms with Gasteiger partial charge in [0, 0.05) is 18.3 Å². The molecule has 0 aliphatic carbocycles. The lowest BCUT2D eigenvalue weighted by molar-refractivity contribution is 0.296. The molecule has 4 heteroatoms. The van der Waals surface area contributed by atoms with Gasteiger partial charge in [-0.15, -0.1) is 11.6 Å². The molecule has 1 atom stereocenters. The van der Waals surface area contributed by atoms with Gasteiger partial charge in [0.15, 0.2) is 11.5 Å². The lowest BCUT2D eigenvalue weighted by Crippen LogP contribution is -2.21. The molecule has 1 aromatic carbocycles. The fraction of sp³-hybridized carbons (Fsp3) is 0.538. The van der Waals surface area contributed by atoms with Crippen molar-refractivity contribution in [3.63, 3.8) is 0 Å². The third kappa shape index (κ3) is 2.85. The van der Waals surface area contributed by atoms with Crippen LogP contribution in [0.5, 0.6) is 11.5 Å². The average Bonchev–Trinajstić information content (AvgIpc) is 2.54. The van der Waals surface area contributed by atoms with Crippen molar-refractivity contribution in [1.82, 2.24) is 4.90 Å². The summed E-state index contributed by atoms with van der Waals surface area (Å²) in [6, 6.07) is 6.27. The van der Waals surface area contributed by atoms with E-state index in [4.69, 9.17) is 21.1 Å². The van der Waals surface area contributed by atoms with E-state index in [0.29, 0.717) is 12.5 Å². The molecule has 0 amide bonds. The Morgan fingerprint density at radius 2 is 1.94 bits per heavy atom. The van der Waals surface area contributed by atoms with Crippen molar-refractivity contribution in [3.8, 4) is 11.5 Å². The van der Waals surface area contributed by atoms with Gasteiger partial charge in [0.05, 0.1) is 13.2 Å². The minimum Gasteiger partial charge on any atom is -0.490 e. The van der Waals surface area contributed by atoms with Gasteiger partial charge in [0.1, 0.15) is 0 Å². The summed E-state index contributed by atoms with van der Waals surface area (Å²) in [5.41, 5.74) is 1.16. The van der Waals surface area contributed by atoms with Crippen LogP contribution in [-0.2, 0) is 0 Å². The van der Waals surface area contributed by atoms with E-state index in [1.165, 1.54) is 0 Å². The van der Waals surface area contributed by atoms with Crippen molar-refractivity contribution >= 4 is 11.6 Å². The second-order valence-corrected chi connectivity index (χ2v) is 4.70. The van der Waals surface area contributed by atoms with Crippen LogP contribution in [0.3, 0.4) is 0 Å². The summed E-state index contributed by atoms with van der Waals surface area (Å²) in [7, 11) is 4.05. The van der Waals surface area contributed by atoms with Gasteiger partial charge in [0.25, 0.3) is 0 Å². The number of rotatable bonds is 3. The predicted molar refractivity (Wildman–Crippen MR) is 69.2 cm³/mol. The molecule has 17 heavy (non-hydrogen) atoms. The molecule has 0 spiro atoms. The summed E-state index contributed by atoms with van der Waals surface area (Å²) in [6.45, 7) is 1.43. The monoisotopic (exact) mass is 255 g/mol. The largest absolute Gasteiger partial charge is 0.490 e. The Labute approximate surface area is 107 Å². The number of ether oxygens (including phenoxy) is 2. The highest BCUT2D eigenvalue weighted by atomic mass is 35.5. The molecule has 1 aliphatic rings. The topological polar surface area (TPSA) is 21.7 Å². The van der Waals surface area contributed by atoms with Crippen LogP contribution in [-0.4, -0.2) is 38.1 Å². The molecular formula is C13H18ClNO2. The Kier molecular flexibility index (Phi) is 4.13. The maximum Gasteiger partial charge on any atom is 0.161 e. The number of alkyl halides is 1. The summed E-state index contributed by atoms with van der Waals surface area (Å²) in [5.74, 6) is 2.22. The van der Waals surface area contributed by atoms with Crippen LogP contribution in [0.2, 0.25) is 0 Å². The van der Waals surface area contributed by atoms with Crippen molar-refractivity contribution in [2.75, 3.05) is 33.2 Å². The van der Waals surface area contributed by atoms with Gasteiger partial charge < -0.3 is 14.4 Å². The summed E-state index contributed by atoms with van der Waals surface area (Å²) >= 11 is 6.00. The van der Waals surface area contributed by atoms with Crippen molar-refractivity contribution in [2.24, 2.45) is 0 Å². The van der Waals surface area contributed by atoms with Gasteiger partial charge in [-0.3, -0.25) is 0 Å². The molecule has 1 heterocycles. The Hall–Kier alpha value is -0.930. The van der Waals surface area contributed by atoms with Gasteiger partial charge in [-0.25, -0.2) is 0 Å². The molecule has 1 aromatic rings. The van der Waals surface area contributed by atoms with Gasteiger partial charge in [-0.05, 0) is 31.8 Å². The molecule has 0 fully saturated rings. The smallest absolute Gasteiger partial charge is 0.161 e. The fourth-order valence-corrected chi connectivity index (χ4v) is 2.37. The first-order valence-corrected chi connectivity index (χ1v) is 6.37. The first kappa shape index (κ1) is 12.5. The molecule has 0 saturated heterocycles. The van der Waals surface area contributed by atoms with Gasteiger partial charge >= 0.3 is 0 Å². The quantitative estimate of drug-likeness (QED) is 0.776. The number of nitrogens with zero attached hydrogens (tertiary/aromatic N) is 1. The highest BCUT2D eigenvalue weighted by Gasteiger charge is 2.17. The third-order valence-electron chi connectivity index (χ3n) is 2.93. The Morgan fingerprint density at radius 3 is 2.59 bits per heavy atom. The van der Waals surface area contributed by atoms with E-state index >= 15 is 0 Å². The maximum absolute atomic E-state index is 6.00. The molecule has 1 unspecified atom stereocenters. The lowest BCUT2D eigenvalue weighted by atomic mass is 10.1. The van der Waals surface area contributed by atoms with Crippen LogP contribution < -0.4 is 9.47 Å². The first-order valence-electron chi connectivity index (χ1n) is 5.84. The summed E-state index contributed by atoms with van der Waals surface area (Å²) in [6.07, 6.45) is 0.927. The van der Waals surface area contributed by atoms with Crippen molar-refractivity contribution in [3.05, 3.63) is 23.8 Å². The van der Waals surface area contributed by atoms with Crippen molar-refractivity contribution < 1.29 is 9.47 Å². The standard InChI is InChI=1S/C13H18ClNO2/c1-15(2)11(9-14)10-4-5-12-13(8-10)17-7-3-6-16-12/h4-5,8,11H,3,6-7,9H2,1-2H3. The second-order valence-electron chi connectivity index (χ2n) is 4.39. The molecule has 0 bridgehead atoms. The highest BCUT2D eigenvalue weighted by molar-refractivity contribution is 6.18. The van der Waals surface area contributed by atoms with Crippen molar-refractivity contribution in [1.29, 1.82) is 0 Å². The van der Waals surface area contributed by atoms with Crippen LogP contribution in [0.1, 0.15) is 18.0 Å². The molecule has 1 aliphatic heterocycles. The number of hydrogen-bond acceptors (Lipinski definition) is 3. The zero-order valence-corrected chi connectivity index (χ0v) is 11.0. The van der Waals surface area contributed by atoms with E-state index in [1.54, 1.807) is 0 Å². The van der Waals surface area contributed by atoms with E-state index in [-0.39, 0.29) is 6.04 Å². The Balaban J connectivity index is 2.28. The summed E-state index contributed by atoms with van der Waals surface area (Å²) in [5, 5.41) is 0. The maximum atomic E-state index is 6.00. The molecule has 0 aromatic heterocycles. The molecular weight excluding hydrogens is 238 g/mol. The van der Waals surface area contributed by atoms with Crippen LogP contribution >= 0.6 is 11.6 Å². The summed E-state index contributed by atoms with van der Waals surface area (Å²) in [4.78, 5) is 2.10. The molecule has 94 valence electrons. The number of benzene rings is 1. The van der Waals surface area contributed by atoms with Crippen LogP contribution in [0, 0.1) is 0 Å². The number of fused-ring (bicyclic) bond motifs is 1. The minimum atomic E-state index is 0.203. The molecule has 0 saturated carbocycles. The number of hydrogen-bond donors (Lipinski definition) is 0. The van der Waals surface area contributed by atoms with E-state index in [9.17, 15) is 0 Å². The predicted octanol–water partition coefficient (Wildman–Crippen LogP) is 2.69. The fourth-order valence-electron chi connectivity index (χ4n) is 1.91. The van der Waals surface area contributed by atoms with Crippen LogP contribution in [0.4, 0.5) is 0 Å². The van der Waals surface area contributed by atoms with Gasteiger partial charge in [-0.1, -0.05) is 6.07 Å². The van der Waals surface area contributed by atoms with Crippen molar-refractivity contribution in [2.45, 2.75) is 12.5 Å². The van der Waals surface area contributed by atoms with E-state index in [1.807, 2.05) is 26.2 Å². The molecule has 0 N–H and O–H groups in total. The zero-order valence-electron chi connectivity index (χ0n) is 10.3. The molecule has 2 rings (SSSR count). The zero-order chi connectivity index (χ0) is 12.3. The summed E-state index contributed by atoms with van der Waals surface area (Å²) < 4.78 is 11.3. The second kappa shape index (κ2) is 5.61.